The van der Waals surface area contributed by atoms with Gasteiger partial charge in [-0.05, 0) is 26.3 Å². The molecule has 0 spiro atoms. The first-order valence-corrected chi connectivity index (χ1v) is 10.5. The highest BCUT2D eigenvalue weighted by molar-refractivity contribution is 7.23. The van der Waals surface area contributed by atoms with E-state index in [1.165, 1.54) is 0 Å². The van der Waals surface area contributed by atoms with E-state index in [4.69, 9.17) is 0 Å². The van der Waals surface area contributed by atoms with Gasteiger partial charge in [-0.3, -0.25) is 0 Å². The summed E-state index contributed by atoms with van der Waals surface area (Å²) in [5, 5.41) is 2.70. The summed E-state index contributed by atoms with van der Waals surface area (Å²) >= 11 is 0. The highest BCUT2D eigenvalue weighted by Gasteiger charge is 2.59. The second-order valence-corrected chi connectivity index (χ2v) is 10.3. The lowest BCUT2D eigenvalue weighted by Gasteiger charge is -2.46. The van der Waals surface area contributed by atoms with Crippen molar-refractivity contribution in [3.8, 4) is 0 Å². The summed E-state index contributed by atoms with van der Waals surface area (Å²) in [5.41, 5.74) is -0.276. The first-order valence-electron chi connectivity index (χ1n) is 8.46. The lowest BCUT2D eigenvalue weighted by atomic mass is 10.0. The number of halogens is 5. The van der Waals surface area contributed by atoms with Gasteiger partial charge in [0.1, 0.15) is 0 Å². The van der Waals surface area contributed by atoms with Crippen LogP contribution in [0.4, 0.5) is 22.0 Å². The molecule has 27 heavy (non-hydrogen) atoms. The molecule has 1 aliphatic rings. The van der Waals surface area contributed by atoms with Crippen molar-refractivity contribution in [3.05, 3.63) is 84.4 Å². The topological polar surface area (TPSA) is 0 Å². The van der Waals surface area contributed by atoms with Crippen LogP contribution in [0, 0.1) is 0 Å². The van der Waals surface area contributed by atoms with Crippen LogP contribution in [0.1, 0.15) is 11.7 Å². The van der Waals surface area contributed by atoms with Crippen LogP contribution in [0.15, 0.2) is 78.9 Å². The quantitative estimate of drug-likeness (QED) is 0.362. The average Bonchev–Trinajstić information content (AvgIpc) is 2.70. The van der Waals surface area contributed by atoms with Gasteiger partial charge in [-0.15, -0.1) is 0 Å². The molecule has 0 fully saturated rings. The molecule has 0 radical (unpaired) electrons. The summed E-state index contributed by atoms with van der Waals surface area (Å²) in [5.74, 6) is -4.72. The molecule has 0 nitrogen and oxygen atoms in total. The van der Waals surface area contributed by atoms with Gasteiger partial charge < -0.3 is 0 Å². The molecular weight excluding hydrogens is 375 g/mol. The molecule has 1 heterocycles. The summed E-state index contributed by atoms with van der Waals surface area (Å²) in [6, 6.07) is 23.5. The number of benzene rings is 3. The van der Waals surface area contributed by atoms with E-state index >= 15 is 0 Å². The maximum atomic E-state index is 14.6. The lowest BCUT2D eigenvalue weighted by Crippen LogP contribution is -2.83. The normalized spacial score (nSPS) is 16.1. The first-order chi connectivity index (χ1) is 12.9. The highest BCUT2D eigenvalue weighted by Crippen LogP contribution is 2.41. The maximum absolute atomic E-state index is 14.6. The maximum Gasteiger partial charge on any atom is 0.341 e. The van der Waals surface area contributed by atoms with Gasteiger partial charge in [0.2, 0.25) is 0 Å². The Kier molecular flexibility index (Phi) is 4.18. The molecule has 0 saturated heterocycles. The minimum atomic E-state index is -4.72. The molecule has 3 aromatic carbocycles. The molecule has 4 rings (SSSR count). The van der Waals surface area contributed by atoms with Crippen molar-refractivity contribution in [1.82, 2.24) is 0 Å². The molecule has 6 heteroatoms. The van der Waals surface area contributed by atoms with E-state index in [1.54, 1.807) is 18.2 Å². The number of hydrogen-bond donors (Lipinski definition) is 0. The number of alkyl halides is 5. The van der Waals surface area contributed by atoms with Gasteiger partial charge in [-0.25, -0.2) is 13.2 Å². The summed E-state index contributed by atoms with van der Waals surface area (Å²) in [4.78, 5) is 0. The van der Waals surface area contributed by atoms with Crippen LogP contribution in [0.5, 0.6) is 0 Å². The second-order valence-electron chi connectivity index (χ2n) is 6.59. The van der Waals surface area contributed by atoms with E-state index in [9.17, 15) is 22.0 Å². The Morgan fingerprint density at radius 3 is 1.48 bits per heavy atom. The fourth-order valence-electron chi connectivity index (χ4n) is 4.04. The lowest BCUT2D eigenvalue weighted by molar-refractivity contribution is -0.172. The third-order valence-corrected chi connectivity index (χ3v) is 10.1. The Morgan fingerprint density at radius 2 is 1.07 bits per heavy atom. The minimum absolute atomic E-state index is 0.276. The molecule has 1 unspecified atom stereocenters. The van der Waals surface area contributed by atoms with Crippen LogP contribution in [0.2, 0.25) is 0 Å². The van der Waals surface area contributed by atoms with E-state index in [-0.39, 0.29) is 5.56 Å². The zero-order valence-electron chi connectivity index (χ0n) is 14.1. The molecule has 138 valence electrons. The van der Waals surface area contributed by atoms with Crippen molar-refractivity contribution in [3.63, 3.8) is 0 Å². The highest BCUT2D eigenvalue weighted by atomic mass is 28.3. The Hall–Kier alpha value is -2.47. The van der Waals surface area contributed by atoms with Gasteiger partial charge >= 0.3 is 12.3 Å². The third-order valence-electron chi connectivity index (χ3n) is 5.21. The van der Waals surface area contributed by atoms with Crippen LogP contribution in [-0.2, 0) is 0 Å². The van der Waals surface area contributed by atoms with Crippen LogP contribution >= 0.6 is 0 Å². The first kappa shape index (κ1) is 17.9. The third kappa shape index (κ3) is 2.39. The van der Waals surface area contributed by atoms with E-state index in [0.29, 0.717) is 10.4 Å². The second kappa shape index (κ2) is 6.30. The molecule has 0 N–H and O–H groups in total. The molecule has 1 atom stereocenters. The van der Waals surface area contributed by atoms with Gasteiger partial charge in [0, 0.05) is 0 Å². The summed E-state index contributed by atoms with van der Waals surface area (Å²) in [7, 11) is -2.84. The number of hydrogen-bond acceptors (Lipinski definition) is 0. The number of rotatable bonds is 5. The zero-order chi connectivity index (χ0) is 19.2. The Bertz CT molecular complexity index is 893. The van der Waals surface area contributed by atoms with E-state index < -0.39 is 26.6 Å². The van der Waals surface area contributed by atoms with Crippen molar-refractivity contribution in [2.24, 2.45) is 0 Å². The van der Waals surface area contributed by atoms with Crippen LogP contribution in [-0.4, -0.2) is 20.4 Å². The van der Waals surface area contributed by atoms with Crippen molar-refractivity contribution >= 4 is 28.8 Å². The molecule has 0 aliphatic carbocycles. The monoisotopic (exact) mass is 390 g/mol. The molecule has 1 aliphatic heterocycles. The SMILES string of the molecule is FC(F)C(F)(F)C(F)c1c2cccc1[Si]2(c1ccccc1)c1ccccc1. The van der Waals surface area contributed by atoms with Crippen molar-refractivity contribution in [2.45, 2.75) is 18.5 Å². The Balaban J connectivity index is 1.94. The van der Waals surface area contributed by atoms with Gasteiger partial charge in [0.15, 0.2) is 14.2 Å². The van der Waals surface area contributed by atoms with Crippen molar-refractivity contribution < 1.29 is 22.0 Å². The van der Waals surface area contributed by atoms with Crippen molar-refractivity contribution in [1.29, 1.82) is 0 Å². The van der Waals surface area contributed by atoms with E-state index in [1.807, 2.05) is 60.7 Å². The Morgan fingerprint density at radius 1 is 0.630 bits per heavy atom. The molecule has 2 bridgehead atoms. The molecule has 3 aromatic rings. The van der Waals surface area contributed by atoms with E-state index in [0.717, 1.165) is 10.4 Å². The molecular formula is C21H15F5Si. The fraction of sp³-hybridized carbons (Fsp3) is 0.143. The summed E-state index contributed by atoms with van der Waals surface area (Å²) in [6.07, 6.45) is -7.09. The average molecular weight is 390 g/mol. The van der Waals surface area contributed by atoms with Gasteiger partial charge in [-0.1, -0.05) is 78.9 Å². The van der Waals surface area contributed by atoms with Crippen LogP contribution in [0.25, 0.3) is 0 Å². The molecule has 0 aromatic heterocycles. The van der Waals surface area contributed by atoms with Crippen molar-refractivity contribution in [2.75, 3.05) is 0 Å². The van der Waals surface area contributed by atoms with Crippen LogP contribution in [0.3, 0.4) is 0 Å². The van der Waals surface area contributed by atoms with Gasteiger partial charge in [-0.2, -0.15) is 8.78 Å². The van der Waals surface area contributed by atoms with Gasteiger partial charge in [0.05, 0.1) is 0 Å². The fourth-order valence-corrected chi connectivity index (χ4v) is 9.13. The zero-order valence-corrected chi connectivity index (χ0v) is 15.1. The Labute approximate surface area is 154 Å². The number of fused-ring (bicyclic) bond motifs is 2. The standard InChI is InChI=1S/C21H15F5Si/c22-19(21(25,26)20(23)24)18-16-12-7-13-17(18)27(16,14-8-3-1-4-9-14)15-10-5-2-6-11-15/h1-13,19-20H. The predicted molar refractivity (Wildman–Crippen MR) is 98.4 cm³/mol. The smallest absolute Gasteiger partial charge is 0.235 e. The van der Waals surface area contributed by atoms with E-state index in [2.05, 4.69) is 0 Å². The minimum Gasteiger partial charge on any atom is -0.235 e. The predicted octanol–water partition coefficient (Wildman–Crippen LogP) is 3.29. The van der Waals surface area contributed by atoms with Crippen LogP contribution < -0.4 is 20.7 Å². The molecule has 0 saturated carbocycles. The summed E-state index contributed by atoms with van der Waals surface area (Å²) in [6.45, 7) is 0. The largest absolute Gasteiger partial charge is 0.341 e. The molecule has 0 amide bonds. The van der Waals surface area contributed by atoms with Gasteiger partial charge in [0.25, 0.3) is 0 Å². The summed E-state index contributed by atoms with van der Waals surface area (Å²) < 4.78 is 67.7.